The first-order valence-corrected chi connectivity index (χ1v) is 6.14. The Labute approximate surface area is 115 Å². The molecule has 1 fully saturated rings. The number of hydrogen-bond donors (Lipinski definition) is 2. The van der Waals surface area contributed by atoms with Crippen molar-refractivity contribution in [2.75, 3.05) is 5.32 Å². The lowest BCUT2D eigenvalue weighted by molar-refractivity contribution is -0.117. The van der Waals surface area contributed by atoms with Crippen molar-refractivity contribution in [3.63, 3.8) is 0 Å². The molecule has 2 heterocycles. The molecule has 1 saturated heterocycles. The predicted molar refractivity (Wildman–Crippen MR) is 73.4 cm³/mol. The number of nitrogens with zero attached hydrogens (tertiary/aromatic N) is 1. The Morgan fingerprint density at radius 1 is 1.53 bits per heavy atom. The second-order valence-electron chi connectivity index (χ2n) is 4.03. The molecule has 4 nitrogen and oxygen atoms in total. The van der Waals surface area contributed by atoms with Crippen molar-refractivity contribution in [2.24, 2.45) is 0 Å². The van der Waals surface area contributed by atoms with Crippen LogP contribution in [0.4, 0.5) is 5.82 Å². The number of amides is 1. The minimum absolute atomic E-state index is 0. The summed E-state index contributed by atoms with van der Waals surface area (Å²) >= 11 is 3.27. The summed E-state index contributed by atoms with van der Waals surface area (Å²) < 4.78 is 0.720. The summed E-state index contributed by atoms with van der Waals surface area (Å²) in [4.78, 5) is 16.0. The van der Waals surface area contributed by atoms with E-state index in [4.69, 9.17) is 0 Å². The maximum Gasteiger partial charge on any atom is 0.242 e. The molecule has 17 heavy (non-hydrogen) atoms. The smallest absolute Gasteiger partial charge is 0.242 e. The van der Waals surface area contributed by atoms with Crippen LogP contribution in [0.25, 0.3) is 0 Å². The molecule has 0 aromatic carbocycles. The van der Waals surface area contributed by atoms with Crippen LogP contribution in [0.15, 0.2) is 22.8 Å². The summed E-state index contributed by atoms with van der Waals surface area (Å²) in [6.07, 6.45) is 1.94. The number of rotatable bonds is 2. The monoisotopic (exact) mass is 319 g/mol. The van der Waals surface area contributed by atoms with Crippen molar-refractivity contribution < 1.29 is 4.79 Å². The van der Waals surface area contributed by atoms with Crippen LogP contribution >= 0.6 is 28.3 Å². The zero-order valence-corrected chi connectivity index (χ0v) is 11.8. The molecule has 2 rings (SSSR count). The van der Waals surface area contributed by atoms with E-state index < -0.39 is 0 Å². The minimum Gasteiger partial charge on any atom is -0.309 e. The molecular formula is C11H15BrClN3O. The average Bonchev–Trinajstić information content (AvgIpc) is 2.65. The molecule has 0 aliphatic carbocycles. The van der Waals surface area contributed by atoms with Crippen LogP contribution in [-0.2, 0) is 4.79 Å². The predicted octanol–water partition coefficient (Wildman–Crippen LogP) is 2.34. The van der Waals surface area contributed by atoms with E-state index in [0.29, 0.717) is 11.9 Å². The molecule has 0 saturated carbocycles. The number of carbonyl (C=O) groups is 1. The van der Waals surface area contributed by atoms with E-state index in [1.165, 1.54) is 0 Å². The fraction of sp³-hybridized carbons (Fsp3) is 0.455. The molecule has 2 N–H and O–H groups in total. The van der Waals surface area contributed by atoms with Crippen molar-refractivity contribution in [1.82, 2.24) is 10.3 Å². The van der Waals surface area contributed by atoms with Gasteiger partial charge in [-0.1, -0.05) is 6.07 Å². The molecule has 1 aromatic rings. The highest BCUT2D eigenvalue weighted by atomic mass is 79.9. The second-order valence-corrected chi connectivity index (χ2v) is 4.84. The van der Waals surface area contributed by atoms with Crippen molar-refractivity contribution in [2.45, 2.75) is 31.8 Å². The summed E-state index contributed by atoms with van der Waals surface area (Å²) in [7, 11) is 0. The molecule has 1 aliphatic rings. The quantitative estimate of drug-likeness (QED) is 0.823. The van der Waals surface area contributed by atoms with Gasteiger partial charge in [0.05, 0.1) is 6.04 Å². The molecule has 1 aliphatic heterocycles. The third-order valence-electron chi connectivity index (χ3n) is 2.66. The first-order chi connectivity index (χ1) is 7.65. The van der Waals surface area contributed by atoms with Gasteiger partial charge in [0.15, 0.2) is 0 Å². The van der Waals surface area contributed by atoms with Crippen LogP contribution in [0.2, 0.25) is 0 Å². The second kappa shape index (κ2) is 6.33. The lowest BCUT2D eigenvalue weighted by Gasteiger charge is -2.11. The normalized spacial score (nSPS) is 22.9. The molecule has 2 atom stereocenters. The Kier molecular flexibility index (Phi) is 5.36. The van der Waals surface area contributed by atoms with Gasteiger partial charge < -0.3 is 10.6 Å². The van der Waals surface area contributed by atoms with Gasteiger partial charge in [-0.05, 0) is 47.8 Å². The third kappa shape index (κ3) is 3.94. The van der Waals surface area contributed by atoms with Crippen LogP contribution in [0.3, 0.4) is 0 Å². The molecular weight excluding hydrogens is 305 g/mol. The number of halogens is 2. The van der Waals surface area contributed by atoms with Gasteiger partial charge in [-0.2, -0.15) is 0 Å². The molecule has 0 spiro atoms. The first-order valence-electron chi connectivity index (χ1n) is 5.34. The van der Waals surface area contributed by atoms with Crippen molar-refractivity contribution in [1.29, 1.82) is 0 Å². The average molecular weight is 321 g/mol. The Balaban J connectivity index is 0.00000144. The molecule has 1 aromatic heterocycles. The maximum atomic E-state index is 11.8. The van der Waals surface area contributed by atoms with Crippen molar-refractivity contribution in [3.05, 3.63) is 22.8 Å². The first kappa shape index (κ1) is 14.4. The highest BCUT2D eigenvalue weighted by Crippen LogP contribution is 2.14. The van der Waals surface area contributed by atoms with E-state index in [0.717, 1.165) is 17.4 Å². The molecule has 1 amide bonds. The van der Waals surface area contributed by atoms with E-state index in [1.54, 1.807) is 6.07 Å². The van der Waals surface area contributed by atoms with Gasteiger partial charge in [-0.3, -0.25) is 4.79 Å². The van der Waals surface area contributed by atoms with Gasteiger partial charge in [0, 0.05) is 6.04 Å². The SMILES string of the molecule is C[C@H]1CC[C@@H](C(=O)Nc2cccc(Br)n2)N1.Cl. The Hall–Kier alpha value is -0.650. The van der Waals surface area contributed by atoms with Crippen molar-refractivity contribution in [3.8, 4) is 0 Å². The summed E-state index contributed by atoms with van der Waals surface area (Å²) in [6, 6.07) is 5.78. The zero-order valence-electron chi connectivity index (χ0n) is 9.44. The summed E-state index contributed by atoms with van der Waals surface area (Å²) in [5.41, 5.74) is 0. The van der Waals surface area contributed by atoms with Crippen LogP contribution in [0.5, 0.6) is 0 Å². The molecule has 0 radical (unpaired) electrons. The Bertz CT molecular complexity index is 402. The number of nitrogens with one attached hydrogen (secondary N) is 2. The van der Waals surface area contributed by atoms with Crippen LogP contribution < -0.4 is 10.6 Å². The van der Waals surface area contributed by atoms with E-state index in [1.807, 2.05) is 12.1 Å². The van der Waals surface area contributed by atoms with Crippen LogP contribution in [0, 0.1) is 0 Å². The molecule has 6 heteroatoms. The summed E-state index contributed by atoms with van der Waals surface area (Å²) in [5.74, 6) is 0.579. The van der Waals surface area contributed by atoms with Gasteiger partial charge in [0.2, 0.25) is 5.91 Å². The van der Waals surface area contributed by atoms with Gasteiger partial charge in [0.25, 0.3) is 0 Å². The number of anilines is 1. The minimum atomic E-state index is -0.0872. The van der Waals surface area contributed by atoms with Gasteiger partial charge >= 0.3 is 0 Å². The van der Waals surface area contributed by atoms with Crippen LogP contribution in [0.1, 0.15) is 19.8 Å². The maximum absolute atomic E-state index is 11.8. The summed E-state index contributed by atoms with van der Waals surface area (Å²) in [5, 5.41) is 6.04. The van der Waals surface area contributed by atoms with E-state index in [2.05, 4.69) is 38.5 Å². The number of carbonyl (C=O) groups excluding carboxylic acids is 1. The largest absolute Gasteiger partial charge is 0.309 e. The fourth-order valence-electron chi connectivity index (χ4n) is 1.82. The van der Waals surface area contributed by atoms with E-state index in [9.17, 15) is 4.79 Å². The lowest BCUT2D eigenvalue weighted by atomic mass is 10.2. The molecule has 94 valence electrons. The standard InChI is InChI=1S/C11H14BrN3O.ClH/c1-7-5-6-8(13-7)11(16)15-10-4-2-3-9(12)14-10;/h2-4,7-8,13H,5-6H2,1H3,(H,14,15,16);1H/t7-,8-;/m0./s1. The highest BCUT2D eigenvalue weighted by molar-refractivity contribution is 9.10. The van der Waals surface area contributed by atoms with Gasteiger partial charge in [-0.15, -0.1) is 12.4 Å². The van der Waals surface area contributed by atoms with Gasteiger partial charge in [0.1, 0.15) is 10.4 Å². The highest BCUT2D eigenvalue weighted by Gasteiger charge is 2.26. The van der Waals surface area contributed by atoms with Crippen molar-refractivity contribution >= 4 is 40.1 Å². The molecule has 0 unspecified atom stereocenters. The zero-order chi connectivity index (χ0) is 11.5. The lowest BCUT2D eigenvalue weighted by Crippen LogP contribution is -2.38. The third-order valence-corrected chi connectivity index (χ3v) is 3.10. The topological polar surface area (TPSA) is 54.0 Å². The number of hydrogen-bond acceptors (Lipinski definition) is 3. The van der Waals surface area contributed by atoms with Gasteiger partial charge in [-0.25, -0.2) is 4.98 Å². The fourth-order valence-corrected chi connectivity index (χ4v) is 2.17. The van der Waals surface area contributed by atoms with E-state index in [-0.39, 0.29) is 24.4 Å². The summed E-state index contributed by atoms with van der Waals surface area (Å²) in [6.45, 7) is 2.09. The molecule has 0 bridgehead atoms. The Morgan fingerprint density at radius 3 is 2.88 bits per heavy atom. The van der Waals surface area contributed by atoms with Crippen LogP contribution in [-0.4, -0.2) is 23.0 Å². The number of aromatic nitrogens is 1. The number of pyridine rings is 1. The Morgan fingerprint density at radius 2 is 2.29 bits per heavy atom. The van der Waals surface area contributed by atoms with E-state index >= 15 is 0 Å².